The highest BCUT2D eigenvalue weighted by atomic mass is 16.6. The fraction of sp³-hybridized carbons (Fsp3) is 0.350. The fourth-order valence-corrected chi connectivity index (χ4v) is 2.73. The van der Waals surface area contributed by atoms with Crippen LogP contribution in [0.3, 0.4) is 0 Å². The molecule has 0 bridgehead atoms. The molecule has 0 atom stereocenters. The molecule has 6 nitrogen and oxygen atoms in total. The molecule has 26 heavy (non-hydrogen) atoms. The third kappa shape index (κ3) is 3.85. The molecule has 2 aromatic carbocycles. The van der Waals surface area contributed by atoms with Gasteiger partial charge in [0.25, 0.3) is 5.91 Å². The smallest absolute Gasteiger partial charge is 0.253 e. The highest BCUT2D eigenvalue weighted by molar-refractivity contribution is 5.95. The van der Waals surface area contributed by atoms with Crippen molar-refractivity contribution < 1.29 is 23.7 Å². The molecule has 0 radical (unpaired) electrons. The van der Waals surface area contributed by atoms with Crippen molar-refractivity contribution in [2.45, 2.75) is 6.92 Å². The summed E-state index contributed by atoms with van der Waals surface area (Å²) < 4.78 is 22.3. The minimum atomic E-state index is -0.131. The van der Waals surface area contributed by atoms with Gasteiger partial charge in [0.05, 0.1) is 13.7 Å². The average molecular weight is 357 g/mol. The first kappa shape index (κ1) is 17.9. The number of hydrogen-bond acceptors (Lipinski definition) is 5. The summed E-state index contributed by atoms with van der Waals surface area (Å²) in [4.78, 5) is 14.3. The summed E-state index contributed by atoms with van der Waals surface area (Å²) in [6, 6.07) is 11.2. The summed E-state index contributed by atoms with van der Waals surface area (Å²) in [5.41, 5.74) is 1.56. The maximum atomic E-state index is 12.7. The molecular formula is C20H23NO5. The van der Waals surface area contributed by atoms with Crippen LogP contribution in [0.15, 0.2) is 36.4 Å². The molecule has 0 saturated heterocycles. The Kier molecular flexibility index (Phi) is 5.51. The highest BCUT2D eigenvalue weighted by Crippen LogP contribution is 2.40. The van der Waals surface area contributed by atoms with E-state index in [1.165, 1.54) is 0 Å². The number of methoxy groups -OCH3 is 1. The highest BCUT2D eigenvalue weighted by Gasteiger charge is 2.22. The Hall–Kier alpha value is -2.89. The van der Waals surface area contributed by atoms with Crippen LogP contribution in [-0.2, 0) is 0 Å². The molecule has 138 valence electrons. The van der Waals surface area contributed by atoms with Crippen molar-refractivity contribution in [2.24, 2.45) is 0 Å². The molecule has 0 saturated carbocycles. The van der Waals surface area contributed by atoms with E-state index in [2.05, 4.69) is 0 Å². The Morgan fingerprint density at radius 2 is 1.92 bits per heavy atom. The molecule has 6 heteroatoms. The number of rotatable bonds is 6. The van der Waals surface area contributed by atoms with Gasteiger partial charge in [0.1, 0.15) is 25.6 Å². The van der Waals surface area contributed by atoms with Crippen molar-refractivity contribution in [3.8, 4) is 23.0 Å². The van der Waals surface area contributed by atoms with Gasteiger partial charge in [-0.3, -0.25) is 4.79 Å². The third-order valence-corrected chi connectivity index (χ3v) is 4.20. The van der Waals surface area contributed by atoms with Crippen LogP contribution >= 0.6 is 0 Å². The molecule has 0 fully saturated rings. The zero-order valence-electron chi connectivity index (χ0n) is 15.3. The Bertz CT molecular complexity index is 773. The van der Waals surface area contributed by atoms with Gasteiger partial charge in [-0.15, -0.1) is 0 Å². The number of fused-ring (bicyclic) bond motifs is 1. The van der Waals surface area contributed by atoms with Crippen LogP contribution in [-0.4, -0.2) is 51.3 Å². The van der Waals surface area contributed by atoms with Crippen LogP contribution in [0.5, 0.6) is 23.0 Å². The SMILES string of the molecule is COc1cc(C(=O)N(C)CCOc2ccccc2C)cc2c1OCCO2. The molecule has 1 amide bonds. The Labute approximate surface area is 153 Å². The van der Waals surface area contributed by atoms with Crippen LogP contribution in [0, 0.1) is 6.92 Å². The minimum Gasteiger partial charge on any atom is -0.493 e. The molecule has 0 aliphatic carbocycles. The van der Waals surface area contributed by atoms with Crippen LogP contribution in [0.1, 0.15) is 15.9 Å². The van der Waals surface area contributed by atoms with Gasteiger partial charge in [-0.2, -0.15) is 0 Å². The first-order valence-electron chi connectivity index (χ1n) is 8.51. The second-order valence-corrected chi connectivity index (χ2v) is 6.04. The van der Waals surface area contributed by atoms with E-state index >= 15 is 0 Å². The molecule has 0 unspecified atom stereocenters. The van der Waals surface area contributed by atoms with Gasteiger partial charge in [0.2, 0.25) is 5.75 Å². The zero-order chi connectivity index (χ0) is 18.5. The van der Waals surface area contributed by atoms with Crippen LogP contribution in [0.2, 0.25) is 0 Å². The van der Waals surface area contributed by atoms with E-state index in [1.54, 1.807) is 31.2 Å². The number of para-hydroxylation sites is 1. The standard InChI is InChI=1S/C20H23NO5/c1-14-6-4-5-7-16(14)24-9-8-21(2)20(22)15-12-17(23-3)19-18(13-15)25-10-11-26-19/h4-7,12-13H,8-11H2,1-3H3. The molecule has 0 N–H and O–H groups in total. The van der Waals surface area contributed by atoms with Gasteiger partial charge in [0, 0.05) is 12.6 Å². The lowest BCUT2D eigenvalue weighted by atomic mass is 10.1. The van der Waals surface area contributed by atoms with Crippen LogP contribution in [0.25, 0.3) is 0 Å². The molecule has 1 aliphatic heterocycles. The predicted octanol–water partition coefficient (Wildman–Crippen LogP) is 2.93. The summed E-state index contributed by atoms with van der Waals surface area (Å²) in [6.07, 6.45) is 0. The quantitative estimate of drug-likeness (QED) is 0.796. The first-order chi connectivity index (χ1) is 12.6. The van der Waals surface area contributed by atoms with E-state index in [0.29, 0.717) is 49.2 Å². The number of carbonyl (C=O) groups excluding carboxylic acids is 1. The maximum absolute atomic E-state index is 12.7. The molecule has 1 heterocycles. The van der Waals surface area contributed by atoms with Crippen LogP contribution in [0.4, 0.5) is 0 Å². The van der Waals surface area contributed by atoms with Crippen LogP contribution < -0.4 is 18.9 Å². The van der Waals surface area contributed by atoms with Gasteiger partial charge in [-0.05, 0) is 30.7 Å². The van der Waals surface area contributed by atoms with Crippen molar-refractivity contribution in [1.29, 1.82) is 0 Å². The number of likely N-dealkylation sites (N-methyl/N-ethyl adjacent to an activating group) is 1. The molecular weight excluding hydrogens is 334 g/mol. The van der Waals surface area contributed by atoms with Gasteiger partial charge in [-0.25, -0.2) is 0 Å². The maximum Gasteiger partial charge on any atom is 0.253 e. The number of aryl methyl sites for hydroxylation is 1. The summed E-state index contributed by atoms with van der Waals surface area (Å²) in [5, 5.41) is 0. The van der Waals surface area contributed by atoms with E-state index < -0.39 is 0 Å². The van der Waals surface area contributed by atoms with Crippen molar-refractivity contribution in [3.05, 3.63) is 47.5 Å². The number of carbonyl (C=O) groups is 1. The molecule has 1 aliphatic rings. The zero-order valence-corrected chi connectivity index (χ0v) is 15.3. The van der Waals surface area contributed by atoms with Crippen molar-refractivity contribution in [3.63, 3.8) is 0 Å². The van der Waals surface area contributed by atoms with Crippen molar-refractivity contribution in [2.75, 3.05) is 40.5 Å². The Morgan fingerprint density at radius 3 is 2.69 bits per heavy atom. The second-order valence-electron chi connectivity index (χ2n) is 6.04. The summed E-state index contributed by atoms with van der Waals surface area (Å²) >= 11 is 0. The Morgan fingerprint density at radius 1 is 1.15 bits per heavy atom. The number of amides is 1. The first-order valence-corrected chi connectivity index (χ1v) is 8.51. The summed E-state index contributed by atoms with van der Waals surface area (Å²) in [6.45, 7) is 3.78. The third-order valence-electron chi connectivity index (χ3n) is 4.20. The Balaban J connectivity index is 1.65. The number of ether oxygens (including phenoxy) is 4. The van der Waals surface area contributed by atoms with E-state index in [1.807, 2.05) is 31.2 Å². The molecule has 3 rings (SSSR count). The topological polar surface area (TPSA) is 57.2 Å². The largest absolute Gasteiger partial charge is 0.493 e. The lowest BCUT2D eigenvalue weighted by molar-refractivity contribution is 0.0772. The lowest BCUT2D eigenvalue weighted by Crippen LogP contribution is -2.31. The van der Waals surface area contributed by atoms with E-state index in [4.69, 9.17) is 18.9 Å². The average Bonchev–Trinajstić information content (AvgIpc) is 2.67. The lowest BCUT2D eigenvalue weighted by Gasteiger charge is -2.23. The van der Waals surface area contributed by atoms with Crippen molar-refractivity contribution in [1.82, 2.24) is 4.90 Å². The van der Waals surface area contributed by atoms with Gasteiger partial charge >= 0.3 is 0 Å². The number of benzene rings is 2. The normalized spacial score (nSPS) is 12.4. The monoisotopic (exact) mass is 357 g/mol. The van der Waals surface area contributed by atoms with E-state index in [-0.39, 0.29) is 5.91 Å². The van der Waals surface area contributed by atoms with Gasteiger partial charge in [-0.1, -0.05) is 18.2 Å². The summed E-state index contributed by atoms with van der Waals surface area (Å²) in [5.74, 6) is 2.27. The molecule has 0 spiro atoms. The summed E-state index contributed by atoms with van der Waals surface area (Å²) in [7, 11) is 3.29. The van der Waals surface area contributed by atoms with Gasteiger partial charge < -0.3 is 23.8 Å². The second kappa shape index (κ2) is 7.99. The predicted molar refractivity (Wildman–Crippen MR) is 97.6 cm³/mol. The van der Waals surface area contributed by atoms with E-state index in [0.717, 1.165) is 11.3 Å². The minimum absolute atomic E-state index is 0.131. The van der Waals surface area contributed by atoms with Gasteiger partial charge in [0.15, 0.2) is 11.5 Å². The van der Waals surface area contributed by atoms with Crippen molar-refractivity contribution >= 4 is 5.91 Å². The molecule has 2 aromatic rings. The fourth-order valence-electron chi connectivity index (χ4n) is 2.73. The van der Waals surface area contributed by atoms with E-state index in [9.17, 15) is 4.79 Å². The molecule has 0 aromatic heterocycles. The number of nitrogens with zero attached hydrogens (tertiary/aromatic N) is 1. The number of hydrogen-bond donors (Lipinski definition) is 0.